The van der Waals surface area contributed by atoms with Crippen LogP contribution in [0.5, 0.6) is 5.75 Å². The van der Waals surface area contributed by atoms with Crippen molar-refractivity contribution in [3.05, 3.63) is 46.3 Å². The summed E-state index contributed by atoms with van der Waals surface area (Å²) in [6.45, 7) is 3.22. The second-order valence-electron chi connectivity index (χ2n) is 9.07. The van der Waals surface area contributed by atoms with Crippen molar-refractivity contribution >= 4 is 33.6 Å². The molecule has 0 saturated carbocycles. The normalized spacial score (nSPS) is 18.6. The average Bonchev–Trinajstić information content (AvgIpc) is 2.87. The highest BCUT2D eigenvalue weighted by molar-refractivity contribution is 7.99. The van der Waals surface area contributed by atoms with E-state index in [0.29, 0.717) is 50.7 Å². The minimum Gasteiger partial charge on any atom is -0.502 e. The van der Waals surface area contributed by atoms with Gasteiger partial charge in [0, 0.05) is 63.0 Å². The summed E-state index contributed by atoms with van der Waals surface area (Å²) < 4.78 is 32.9. The number of nitrogens with one attached hydrogen (secondary N) is 1. The number of aromatic hydroxyl groups is 1. The number of hydrogen-bond acceptors (Lipinski definition) is 10. The number of aromatic nitrogens is 2. The van der Waals surface area contributed by atoms with Gasteiger partial charge in [0.05, 0.1) is 5.75 Å². The van der Waals surface area contributed by atoms with Crippen LogP contribution in [0.3, 0.4) is 0 Å². The first kappa shape index (κ1) is 26.4. The van der Waals surface area contributed by atoms with Crippen LogP contribution >= 0.6 is 11.8 Å². The van der Waals surface area contributed by atoms with Gasteiger partial charge in [0.25, 0.3) is 0 Å². The molecular formula is C23H31N5O6S2. The number of rotatable bonds is 8. The second-order valence-corrected chi connectivity index (χ2v) is 12.4. The van der Waals surface area contributed by atoms with Crippen molar-refractivity contribution in [1.82, 2.24) is 19.6 Å². The summed E-state index contributed by atoms with van der Waals surface area (Å²) in [5, 5.41) is 13.1. The van der Waals surface area contributed by atoms with Gasteiger partial charge >= 0.3 is 0 Å². The Balaban J connectivity index is 1.34. The van der Waals surface area contributed by atoms with Crippen LogP contribution in [0.4, 0.5) is 5.95 Å². The molecule has 2 saturated heterocycles. The Labute approximate surface area is 214 Å². The van der Waals surface area contributed by atoms with E-state index in [1.165, 1.54) is 10.4 Å². The van der Waals surface area contributed by atoms with Crippen LogP contribution in [0.1, 0.15) is 30.8 Å². The average molecular weight is 538 g/mol. The minimum atomic E-state index is -3.56. The fourth-order valence-corrected chi connectivity index (χ4v) is 7.26. The third-order valence-corrected chi connectivity index (χ3v) is 9.48. The largest absolute Gasteiger partial charge is 0.502 e. The Kier molecular flexibility index (Phi) is 8.20. The molecule has 196 valence electrons. The number of thioether (sulfide) groups is 1. The van der Waals surface area contributed by atoms with E-state index < -0.39 is 26.6 Å². The van der Waals surface area contributed by atoms with Gasteiger partial charge in [-0.1, -0.05) is 0 Å². The van der Waals surface area contributed by atoms with Crippen molar-refractivity contribution in [3.8, 4) is 5.75 Å². The van der Waals surface area contributed by atoms with Gasteiger partial charge in [0.2, 0.25) is 33.1 Å². The highest BCUT2D eigenvalue weighted by Crippen LogP contribution is 2.43. The van der Waals surface area contributed by atoms with Crippen molar-refractivity contribution < 1.29 is 22.7 Å². The molecule has 2 aliphatic rings. The molecule has 0 atom stereocenters. The number of aryl methyl sites for hydroxylation is 1. The van der Waals surface area contributed by atoms with E-state index in [4.69, 9.17) is 4.42 Å². The van der Waals surface area contributed by atoms with E-state index in [9.17, 15) is 23.1 Å². The molecule has 2 fully saturated rings. The third kappa shape index (κ3) is 6.01. The van der Waals surface area contributed by atoms with Crippen molar-refractivity contribution in [2.45, 2.75) is 31.6 Å². The molecule has 2 aromatic rings. The summed E-state index contributed by atoms with van der Waals surface area (Å²) in [5.74, 6) is 1.61. The van der Waals surface area contributed by atoms with Gasteiger partial charge in [-0.25, -0.2) is 18.4 Å². The molecule has 2 aliphatic heterocycles. The number of sulfonamides is 1. The van der Waals surface area contributed by atoms with E-state index in [2.05, 4.69) is 15.3 Å². The molecule has 2 aromatic heterocycles. The lowest BCUT2D eigenvalue weighted by atomic mass is 9.75. The van der Waals surface area contributed by atoms with Crippen LogP contribution in [0, 0.1) is 6.92 Å². The van der Waals surface area contributed by atoms with E-state index in [-0.39, 0.29) is 30.4 Å². The summed E-state index contributed by atoms with van der Waals surface area (Å²) in [7, 11) is -3.56. The number of piperazine rings is 1. The molecule has 2 N–H and O–H groups in total. The molecule has 0 aromatic carbocycles. The molecule has 0 radical (unpaired) electrons. The maximum Gasteiger partial charge on any atom is 0.227 e. The number of anilines is 1. The van der Waals surface area contributed by atoms with Crippen LogP contribution in [0.15, 0.2) is 33.7 Å². The Morgan fingerprint density at radius 2 is 1.86 bits per heavy atom. The first-order valence-corrected chi connectivity index (χ1v) is 14.6. The Hall–Kier alpha value is -2.64. The SMILES string of the molecule is Cc1cc(=O)c(O)c(C2(CC(=O)NCCS(=O)(=O)N3CCN(c4ncccn4)CC3)CCSCC2)o1. The third-order valence-electron chi connectivity index (χ3n) is 6.63. The summed E-state index contributed by atoms with van der Waals surface area (Å²) in [4.78, 5) is 35.4. The van der Waals surface area contributed by atoms with Gasteiger partial charge in [0.15, 0.2) is 5.76 Å². The highest BCUT2D eigenvalue weighted by atomic mass is 32.2. The predicted octanol–water partition coefficient (Wildman–Crippen LogP) is 0.867. The van der Waals surface area contributed by atoms with Gasteiger partial charge < -0.3 is 19.7 Å². The zero-order chi connectivity index (χ0) is 25.8. The maximum absolute atomic E-state index is 12.9. The fourth-order valence-electron chi connectivity index (χ4n) is 4.65. The van der Waals surface area contributed by atoms with Crippen molar-refractivity contribution in [3.63, 3.8) is 0 Å². The smallest absolute Gasteiger partial charge is 0.227 e. The van der Waals surface area contributed by atoms with Gasteiger partial charge in [-0.3, -0.25) is 9.59 Å². The Morgan fingerprint density at radius 1 is 1.19 bits per heavy atom. The van der Waals surface area contributed by atoms with Gasteiger partial charge in [-0.15, -0.1) is 0 Å². The minimum absolute atomic E-state index is 0.00328. The molecule has 4 rings (SSSR count). The van der Waals surface area contributed by atoms with Crippen LogP contribution in [0.2, 0.25) is 0 Å². The molecule has 0 aliphatic carbocycles. The molecule has 36 heavy (non-hydrogen) atoms. The van der Waals surface area contributed by atoms with Crippen molar-refractivity contribution in [2.24, 2.45) is 0 Å². The van der Waals surface area contributed by atoms with Crippen LogP contribution < -0.4 is 15.6 Å². The molecular weight excluding hydrogens is 506 g/mol. The van der Waals surface area contributed by atoms with Crippen molar-refractivity contribution in [1.29, 1.82) is 0 Å². The molecule has 13 heteroatoms. The topological polar surface area (TPSA) is 146 Å². The zero-order valence-electron chi connectivity index (χ0n) is 20.2. The van der Waals surface area contributed by atoms with Crippen LogP contribution in [-0.4, -0.2) is 83.7 Å². The highest BCUT2D eigenvalue weighted by Gasteiger charge is 2.41. The fraction of sp³-hybridized carbons (Fsp3) is 0.565. The summed E-state index contributed by atoms with van der Waals surface area (Å²) >= 11 is 1.74. The van der Waals surface area contributed by atoms with E-state index in [0.717, 1.165) is 11.5 Å². The number of hydrogen-bond donors (Lipinski definition) is 2. The lowest BCUT2D eigenvalue weighted by Crippen LogP contribution is -2.50. The predicted molar refractivity (Wildman–Crippen MR) is 137 cm³/mol. The molecule has 1 amide bonds. The number of nitrogens with zero attached hydrogens (tertiary/aromatic N) is 4. The maximum atomic E-state index is 12.9. The Morgan fingerprint density at radius 3 is 2.53 bits per heavy atom. The van der Waals surface area contributed by atoms with E-state index in [1.807, 2.05) is 4.90 Å². The summed E-state index contributed by atoms with van der Waals surface area (Å²) in [6, 6.07) is 2.95. The number of amides is 1. The molecule has 11 nitrogen and oxygen atoms in total. The number of carbonyl (C=O) groups excluding carboxylic acids is 1. The second kappa shape index (κ2) is 11.2. The summed E-state index contributed by atoms with van der Waals surface area (Å²) in [6.07, 6.45) is 4.44. The lowest BCUT2D eigenvalue weighted by Gasteiger charge is -2.36. The Bertz CT molecular complexity index is 1220. The monoisotopic (exact) mass is 537 g/mol. The molecule has 0 spiro atoms. The molecule has 0 bridgehead atoms. The molecule has 0 unspecified atom stereocenters. The zero-order valence-corrected chi connectivity index (χ0v) is 21.8. The van der Waals surface area contributed by atoms with Gasteiger partial charge in [-0.2, -0.15) is 16.1 Å². The number of carbonyl (C=O) groups is 1. The standard InChI is InChI=1S/C23H31N5O6S2/c1-17-15-18(29)20(31)21(34-17)23(3-12-35-13-4-23)16-19(30)24-7-14-36(32,33)28-10-8-27(9-11-28)22-25-5-2-6-26-22/h2,5-6,15,31H,3-4,7-14,16H2,1H3,(H,24,30). The summed E-state index contributed by atoms with van der Waals surface area (Å²) in [5.41, 5.74) is -1.34. The van der Waals surface area contributed by atoms with Gasteiger partial charge in [0.1, 0.15) is 5.76 Å². The van der Waals surface area contributed by atoms with Crippen molar-refractivity contribution in [2.75, 3.05) is 54.9 Å². The van der Waals surface area contributed by atoms with E-state index >= 15 is 0 Å². The lowest BCUT2D eigenvalue weighted by molar-refractivity contribution is -0.122. The first-order valence-electron chi connectivity index (χ1n) is 11.9. The van der Waals surface area contributed by atoms with Crippen LogP contribution in [0.25, 0.3) is 0 Å². The molecule has 4 heterocycles. The quantitative estimate of drug-likeness (QED) is 0.497. The van der Waals surface area contributed by atoms with E-state index in [1.54, 1.807) is 37.1 Å². The van der Waals surface area contributed by atoms with Gasteiger partial charge in [-0.05, 0) is 37.3 Å². The first-order chi connectivity index (χ1) is 17.2. The van der Waals surface area contributed by atoms with Crippen LogP contribution in [-0.2, 0) is 20.2 Å².